The van der Waals surface area contributed by atoms with Crippen LogP contribution in [0.2, 0.25) is 0 Å². The van der Waals surface area contributed by atoms with Crippen LogP contribution in [0.3, 0.4) is 0 Å². The predicted molar refractivity (Wildman–Crippen MR) is 76.3 cm³/mol. The number of fused-ring (bicyclic) bond motifs is 1. The molecule has 1 amide bonds. The monoisotopic (exact) mass is 285 g/mol. The Bertz CT molecular complexity index is 711. The van der Waals surface area contributed by atoms with Crippen LogP contribution in [0.5, 0.6) is 17.2 Å². The predicted octanol–water partition coefficient (Wildman–Crippen LogP) is 2.00. The summed E-state index contributed by atoms with van der Waals surface area (Å²) in [6, 6.07) is 10.4. The van der Waals surface area contributed by atoms with E-state index >= 15 is 0 Å². The zero-order valence-corrected chi connectivity index (χ0v) is 11.3. The maximum Gasteiger partial charge on any atom is 0.258 e. The highest BCUT2D eigenvalue weighted by atomic mass is 16.3. The van der Waals surface area contributed by atoms with Gasteiger partial charge in [0.15, 0.2) is 11.5 Å². The van der Waals surface area contributed by atoms with Gasteiger partial charge in [-0.25, -0.2) is 0 Å². The molecule has 1 aliphatic rings. The Morgan fingerprint density at radius 2 is 1.67 bits per heavy atom. The van der Waals surface area contributed by atoms with Gasteiger partial charge in [-0.2, -0.15) is 0 Å². The van der Waals surface area contributed by atoms with E-state index in [-0.39, 0.29) is 11.5 Å². The van der Waals surface area contributed by atoms with Crippen LogP contribution >= 0.6 is 0 Å². The second-order valence-electron chi connectivity index (χ2n) is 5.07. The van der Waals surface area contributed by atoms with Gasteiger partial charge in [-0.05, 0) is 29.7 Å². The van der Waals surface area contributed by atoms with E-state index in [1.807, 2.05) is 24.3 Å². The molecule has 0 saturated carbocycles. The van der Waals surface area contributed by atoms with Gasteiger partial charge in [-0.3, -0.25) is 4.79 Å². The molecule has 3 rings (SSSR count). The Kier molecular flexibility index (Phi) is 3.17. The third-order valence-electron chi connectivity index (χ3n) is 3.78. The fourth-order valence-electron chi connectivity index (χ4n) is 2.58. The van der Waals surface area contributed by atoms with Crippen LogP contribution in [-0.2, 0) is 13.0 Å². The molecule has 0 bridgehead atoms. The second kappa shape index (κ2) is 5.01. The maximum absolute atomic E-state index is 12.5. The number of hydrogen-bond acceptors (Lipinski definition) is 4. The zero-order valence-electron chi connectivity index (χ0n) is 11.3. The molecule has 0 aromatic heterocycles. The molecule has 0 saturated heterocycles. The SMILES string of the molecule is O=C(c1ccc(O)c(O)c1O)N1CCc2ccccc2C1. The van der Waals surface area contributed by atoms with Gasteiger partial charge in [-0.15, -0.1) is 0 Å². The molecule has 21 heavy (non-hydrogen) atoms. The molecule has 5 heteroatoms. The molecular weight excluding hydrogens is 270 g/mol. The summed E-state index contributed by atoms with van der Waals surface area (Å²) in [6.07, 6.45) is 0.757. The van der Waals surface area contributed by atoms with Crippen molar-refractivity contribution in [3.8, 4) is 17.2 Å². The number of rotatable bonds is 1. The Labute approximate surface area is 121 Å². The summed E-state index contributed by atoms with van der Waals surface area (Å²) in [6.45, 7) is 1.02. The van der Waals surface area contributed by atoms with E-state index in [0.717, 1.165) is 12.0 Å². The van der Waals surface area contributed by atoms with Crippen LogP contribution in [0.25, 0.3) is 0 Å². The van der Waals surface area contributed by atoms with Crippen LogP contribution in [0.15, 0.2) is 36.4 Å². The molecule has 0 atom stereocenters. The van der Waals surface area contributed by atoms with Crippen molar-refractivity contribution in [1.29, 1.82) is 0 Å². The highest BCUT2D eigenvalue weighted by molar-refractivity contribution is 5.98. The minimum Gasteiger partial charge on any atom is -0.504 e. The molecule has 0 aliphatic carbocycles. The first-order valence-corrected chi connectivity index (χ1v) is 6.68. The van der Waals surface area contributed by atoms with Crippen molar-refractivity contribution in [1.82, 2.24) is 4.90 Å². The minimum atomic E-state index is -0.668. The first-order valence-electron chi connectivity index (χ1n) is 6.68. The van der Waals surface area contributed by atoms with E-state index in [4.69, 9.17) is 0 Å². The lowest BCUT2D eigenvalue weighted by Crippen LogP contribution is -2.35. The van der Waals surface area contributed by atoms with Gasteiger partial charge in [0.25, 0.3) is 5.91 Å². The second-order valence-corrected chi connectivity index (χ2v) is 5.07. The Hall–Kier alpha value is -2.69. The summed E-state index contributed by atoms with van der Waals surface area (Å²) < 4.78 is 0. The normalized spacial score (nSPS) is 13.8. The lowest BCUT2D eigenvalue weighted by atomic mass is 9.99. The molecule has 0 fully saturated rings. The van der Waals surface area contributed by atoms with Crippen molar-refractivity contribution in [2.75, 3.05) is 6.54 Å². The third-order valence-corrected chi connectivity index (χ3v) is 3.78. The average molecular weight is 285 g/mol. The molecule has 1 aliphatic heterocycles. The molecule has 0 spiro atoms. The number of hydrogen-bond donors (Lipinski definition) is 3. The van der Waals surface area contributed by atoms with E-state index in [1.165, 1.54) is 17.7 Å². The van der Waals surface area contributed by atoms with Gasteiger partial charge in [0.2, 0.25) is 5.75 Å². The molecule has 2 aromatic carbocycles. The van der Waals surface area contributed by atoms with Crippen LogP contribution in [0, 0.1) is 0 Å². The molecular formula is C16H15NO4. The molecule has 3 N–H and O–H groups in total. The van der Waals surface area contributed by atoms with E-state index in [0.29, 0.717) is 13.1 Å². The smallest absolute Gasteiger partial charge is 0.258 e. The summed E-state index contributed by atoms with van der Waals surface area (Å²) in [7, 11) is 0. The fraction of sp³-hybridized carbons (Fsp3) is 0.188. The lowest BCUT2D eigenvalue weighted by molar-refractivity contribution is 0.0731. The van der Waals surface area contributed by atoms with E-state index in [1.54, 1.807) is 4.90 Å². The number of aromatic hydroxyl groups is 3. The van der Waals surface area contributed by atoms with Gasteiger partial charge in [0.05, 0.1) is 5.56 Å². The Morgan fingerprint density at radius 3 is 2.43 bits per heavy atom. The highest BCUT2D eigenvalue weighted by Crippen LogP contribution is 2.37. The summed E-state index contributed by atoms with van der Waals surface area (Å²) in [5.41, 5.74) is 2.29. The standard InChI is InChI=1S/C16H15NO4/c18-13-6-5-12(14(19)15(13)20)16(21)17-8-7-10-3-1-2-4-11(10)9-17/h1-6,18-20H,7-9H2. The minimum absolute atomic E-state index is 0.00955. The number of carbonyl (C=O) groups excluding carboxylic acids is 1. The van der Waals surface area contributed by atoms with Crippen LogP contribution < -0.4 is 0 Å². The van der Waals surface area contributed by atoms with Crippen molar-refractivity contribution in [2.45, 2.75) is 13.0 Å². The highest BCUT2D eigenvalue weighted by Gasteiger charge is 2.25. The molecule has 0 radical (unpaired) electrons. The average Bonchev–Trinajstić information content (AvgIpc) is 2.52. The van der Waals surface area contributed by atoms with E-state index in [9.17, 15) is 20.1 Å². The zero-order chi connectivity index (χ0) is 15.0. The number of amides is 1. The largest absolute Gasteiger partial charge is 0.504 e. The summed E-state index contributed by atoms with van der Waals surface area (Å²) in [5, 5.41) is 28.7. The summed E-state index contributed by atoms with van der Waals surface area (Å²) >= 11 is 0. The van der Waals surface area contributed by atoms with E-state index < -0.39 is 17.2 Å². The Morgan fingerprint density at radius 1 is 0.952 bits per heavy atom. The van der Waals surface area contributed by atoms with Gasteiger partial charge >= 0.3 is 0 Å². The van der Waals surface area contributed by atoms with Crippen molar-refractivity contribution in [3.63, 3.8) is 0 Å². The third kappa shape index (κ3) is 2.27. The number of phenols is 3. The van der Waals surface area contributed by atoms with Gasteiger partial charge in [0, 0.05) is 13.1 Å². The van der Waals surface area contributed by atoms with E-state index in [2.05, 4.69) is 0 Å². The van der Waals surface area contributed by atoms with Crippen molar-refractivity contribution < 1.29 is 20.1 Å². The first kappa shape index (κ1) is 13.3. The maximum atomic E-state index is 12.5. The van der Waals surface area contributed by atoms with Crippen molar-refractivity contribution in [2.24, 2.45) is 0 Å². The van der Waals surface area contributed by atoms with Gasteiger partial charge in [-0.1, -0.05) is 24.3 Å². The van der Waals surface area contributed by atoms with Crippen molar-refractivity contribution >= 4 is 5.91 Å². The van der Waals surface area contributed by atoms with Crippen LogP contribution in [0.1, 0.15) is 21.5 Å². The van der Waals surface area contributed by atoms with Gasteiger partial charge in [0.1, 0.15) is 0 Å². The summed E-state index contributed by atoms with van der Waals surface area (Å²) in [4.78, 5) is 14.1. The van der Waals surface area contributed by atoms with Crippen molar-refractivity contribution in [3.05, 3.63) is 53.1 Å². The first-order chi connectivity index (χ1) is 10.1. The number of phenolic OH excluding ortho intramolecular Hbond substituents is 3. The molecule has 1 heterocycles. The van der Waals surface area contributed by atoms with Crippen LogP contribution in [0.4, 0.5) is 0 Å². The molecule has 108 valence electrons. The topological polar surface area (TPSA) is 81.0 Å². The van der Waals surface area contributed by atoms with Crippen LogP contribution in [-0.4, -0.2) is 32.7 Å². The fourth-order valence-corrected chi connectivity index (χ4v) is 2.58. The quantitative estimate of drug-likeness (QED) is 0.700. The Balaban J connectivity index is 1.89. The molecule has 0 unspecified atom stereocenters. The summed E-state index contributed by atoms with van der Waals surface area (Å²) in [5.74, 6) is -2.07. The number of benzene rings is 2. The molecule has 5 nitrogen and oxygen atoms in total. The lowest BCUT2D eigenvalue weighted by Gasteiger charge is -2.29. The number of nitrogens with zero attached hydrogens (tertiary/aromatic N) is 1. The molecule has 2 aromatic rings. The van der Waals surface area contributed by atoms with Gasteiger partial charge < -0.3 is 20.2 Å². The number of carbonyl (C=O) groups is 1.